The van der Waals surface area contributed by atoms with Crippen LogP contribution in [0.5, 0.6) is 0 Å². The highest BCUT2D eigenvalue weighted by Crippen LogP contribution is 2.39. The van der Waals surface area contributed by atoms with Gasteiger partial charge in [-0.15, -0.1) is 0 Å². The van der Waals surface area contributed by atoms with Crippen molar-refractivity contribution in [3.05, 3.63) is 218 Å². The van der Waals surface area contributed by atoms with E-state index in [0.29, 0.717) is 0 Å². The summed E-state index contributed by atoms with van der Waals surface area (Å²) in [6.45, 7) is 0. The minimum Gasteiger partial charge on any atom is -0.311 e. The van der Waals surface area contributed by atoms with E-state index in [4.69, 9.17) is 32.9 Å². The highest BCUT2D eigenvalue weighted by atomic mass is 15.1. The standard InChI is InChI=1S/C48H36N2/c1-5-13-37(14-6-1)39-21-29-45(30-22-39)49(43-17-9-3-10-18-43)47-33-25-41(26-34-47)42-27-35-48(36-28-42)50(44-19-11-4-12-20-44)46-31-23-40(24-32-46)38-15-7-2-8-16-38/h1-36H/i1D,2D,3D,4D,5D,6D,7D,8D,9D,10D,11D,12D,13D,14D,15D,16D,17D,18D,19D,20D,21D,22D,23D,24D,25D,26D,27D,28D,29D,30D,31D,32D,33D,34D,35D,36D. The molecule has 0 N–H and O–H groups in total. The molecule has 8 rings (SSSR count). The van der Waals surface area contributed by atoms with Crippen LogP contribution >= 0.6 is 0 Å². The predicted octanol–water partition coefficient (Wildman–Crippen LogP) is 13.6. The van der Waals surface area contributed by atoms with Gasteiger partial charge in [0.1, 0.15) is 0 Å². The van der Waals surface area contributed by atoms with Crippen molar-refractivity contribution in [3.8, 4) is 33.4 Å². The molecule has 238 valence electrons. The van der Waals surface area contributed by atoms with Crippen LogP contribution in [0.2, 0.25) is 0 Å². The fraction of sp³-hybridized carbons (Fsp3) is 0. The minimum absolute atomic E-state index is 0.258. The molecular weight excluding hydrogens is 605 g/mol. The average Bonchev–Trinajstić information content (AvgIpc) is 0.749. The van der Waals surface area contributed by atoms with Gasteiger partial charge in [0, 0.05) is 34.1 Å². The molecule has 50 heavy (non-hydrogen) atoms. The van der Waals surface area contributed by atoms with Crippen LogP contribution in [0.4, 0.5) is 34.1 Å². The SMILES string of the molecule is [2H]c1c([2H])c([2H])c(-c2c([2H])c([2H])c(N(c3c([2H])c([2H])c([2H])c([2H])c3[2H])c3c([2H])c([2H])c(-c4c([2H])c([2H])c(N(c5c([2H])c([2H])c([2H])c([2H])c5[2H])c5c([2H])c([2H])c(-c6c([2H])c([2H])c([2H])c([2H])c6[2H])c([2H])c5[2H])c([2H])c4[2H])c([2H])c3[2H])c([2H])c2[2H])c([2H])c1[2H]. The third kappa shape index (κ3) is 6.56. The maximum absolute atomic E-state index is 9.45. The summed E-state index contributed by atoms with van der Waals surface area (Å²) in [5.41, 5.74) is -12.7. The van der Waals surface area contributed by atoms with E-state index in [2.05, 4.69) is 0 Å². The van der Waals surface area contributed by atoms with Gasteiger partial charge in [-0.25, -0.2) is 0 Å². The Morgan fingerprint density at radius 1 is 0.200 bits per heavy atom. The number of anilines is 6. The first kappa shape index (κ1) is 10.4. The van der Waals surface area contributed by atoms with Crippen molar-refractivity contribution in [1.82, 2.24) is 0 Å². The molecule has 0 spiro atoms. The molecule has 0 aromatic heterocycles. The van der Waals surface area contributed by atoms with Gasteiger partial charge in [0.2, 0.25) is 0 Å². The molecule has 0 radical (unpaired) electrons. The zero-order chi connectivity index (χ0) is 64.9. The summed E-state index contributed by atoms with van der Waals surface area (Å²) in [5, 5.41) is 0. The van der Waals surface area contributed by atoms with Crippen molar-refractivity contribution in [2.75, 3.05) is 9.80 Å². The molecule has 0 fully saturated rings. The third-order valence-electron chi connectivity index (χ3n) is 6.51. The van der Waals surface area contributed by atoms with Crippen LogP contribution in [0, 0.1) is 0 Å². The molecule has 0 bridgehead atoms. The van der Waals surface area contributed by atoms with Gasteiger partial charge in [0.05, 0.1) is 49.3 Å². The van der Waals surface area contributed by atoms with E-state index in [1.54, 1.807) is 0 Å². The Kier molecular flexibility index (Phi) is 2.97. The lowest BCUT2D eigenvalue weighted by Gasteiger charge is -2.26. The third-order valence-corrected chi connectivity index (χ3v) is 6.51. The van der Waals surface area contributed by atoms with Gasteiger partial charge in [-0.3, -0.25) is 0 Å². The second kappa shape index (κ2) is 14.2. The fourth-order valence-corrected chi connectivity index (χ4v) is 4.30. The number of rotatable bonds is 9. The van der Waals surface area contributed by atoms with E-state index >= 15 is 0 Å². The van der Waals surface area contributed by atoms with Crippen molar-refractivity contribution >= 4 is 34.1 Å². The number of para-hydroxylation sites is 2. The molecule has 2 nitrogen and oxygen atoms in total. The van der Waals surface area contributed by atoms with Crippen molar-refractivity contribution in [2.24, 2.45) is 0 Å². The van der Waals surface area contributed by atoms with E-state index in [1.807, 2.05) is 0 Å². The van der Waals surface area contributed by atoms with Crippen LogP contribution in [0.1, 0.15) is 49.3 Å². The maximum Gasteiger partial charge on any atom is 0.0645 e. The first-order chi connectivity index (χ1) is 39.8. The molecule has 2 heteroatoms. The molecule has 8 aromatic carbocycles. The van der Waals surface area contributed by atoms with Crippen molar-refractivity contribution < 1.29 is 49.3 Å². The molecule has 0 aliphatic heterocycles. The van der Waals surface area contributed by atoms with Crippen molar-refractivity contribution in [3.63, 3.8) is 0 Å². The van der Waals surface area contributed by atoms with Gasteiger partial charge in [-0.05, 0) is 106 Å². The smallest absolute Gasteiger partial charge is 0.0645 e. The van der Waals surface area contributed by atoms with Crippen LogP contribution in [-0.4, -0.2) is 0 Å². The van der Waals surface area contributed by atoms with Crippen LogP contribution in [-0.2, 0) is 0 Å². The molecule has 0 aliphatic carbocycles. The van der Waals surface area contributed by atoms with Crippen LogP contribution in [0.25, 0.3) is 33.4 Å². The van der Waals surface area contributed by atoms with E-state index in [-0.39, 0.29) is 9.80 Å². The molecule has 0 atom stereocenters. The summed E-state index contributed by atoms with van der Waals surface area (Å²) in [4.78, 5) is 0.517. The number of hydrogen-bond donors (Lipinski definition) is 0. The molecule has 0 saturated heterocycles. The van der Waals surface area contributed by atoms with Crippen molar-refractivity contribution in [2.45, 2.75) is 0 Å². The lowest BCUT2D eigenvalue weighted by molar-refractivity contribution is 1.28. The normalized spacial score (nSPS) is 20.9. The van der Waals surface area contributed by atoms with E-state index in [1.165, 1.54) is 0 Å². The summed E-state index contributed by atoms with van der Waals surface area (Å²) in [6.07, 6.45) is 0. The number of benzene rings is 8. The molecule has 0 amide bonds. The lowest BCUT2D eigenvalue weighted by atomic mass is 10.0. The Hall–Kier alpha value is -6.64. The van der Waals surface area contributed by atoms with Gasteiger partial charge < -0.3 is 9.80 Å². The monoisotopic (exact) mass is 677 g/mol. The fourth-order valence-electron chi connectivity index (χ4n) is 4.30. The first-order valence-corrected chi connectivity index (χ1v) is 14.1. The molecule has 0 aliphatic rings. The van der Waals surface area contributed by atoms with Crippen molar-refractivity contribution in [1.29, 1.82) is 0 Å². The van der Waals surface area contributed by atoms with Crippen LogP contribution < -0.4 is 9.80 Å². The van der Waals surface area contributed by atoms with E-state index in [9.17, 15) is 16.4 Å². The lowest BCUT2D eigenvalue weighted by Crippen LogP contribution is -2.10. The Bertz CT molecular complexity index is 3880. The zero-order valence-corrected chi connectivity index (χ0v) is 24.9. The van der Waals surface area contributed by atoms with Crippen LogP contribution in [0.15, 0.2) is 218 Å². The summed E-state index contributed by atoms with van der Waals surface area (Å²) >= 11 is 0. The van der Waals surface area contributed by atoms with Gasteiger partial charge in [0.25, 0.3) is 0 Å². The molecule has 0 unspecified atom stereocenters. The van der Waals surface area contributed by atoms with Crippen LogP contribution in [0.3, 0.4) is 0 Å². The summed E-state index contributed by atoms with van der Waals surface area (Å²) < 4.78 is 318. The van der Waals surface area contributed by atoms with E-state index in [0.717, 1.165) is 0 Å². The molecule has 0 saturated carbocycles. The first-order valence-electron chi connectivity index (χ1n) is 32.1. The number of hydrogen-bond acceptors (Lipinski definition) is 2. The molecule has 0 heterocycles. The zero-order valence-electron chi connectivity index (χ0n) is 60.9. The largest absolute Gasteiger partial charge is 0.311 e. The Morgan fingerprint density at radius 2 is 0.380 bits per heavy atom. The van der Waals surface area contributed by atoms with Gasteiger partial charge in [-0.2, -0.15) is 0 Å². The number of nitrogens with zero attached hydrogens (tertiary/aromatic N) is 2. The molecular formula is C48H36N2. The predicted molar refractivity (Wildman–Crippen MR) is 212 cm³/mol. The molecule has 8 aromatic rings. The Balaban J connectivity index is 1.47. The summed E-state index contributed by atoms with van der Waals surface area (Å²) in [6, 6.07) is -41.6. The minimum atomic E-state index is -1.37. The maximum atomic E-state index is 9.45. The highest BCUT2D eigenvalue weighted by molar-refractivity contribution is 5.82. The summed E-state index contributed by atoms with van der Waals surface area (Å²) in [5.74, 6) is 0. The summed E-state index contributed by atoms with van der Waals surface area (Å²) in [7, 11) is 0. The van der Waals surface area contributed by atoms with E-state index < -0.39 is 285 Å². The Labute approximate surface area is 345 Å². The average molecular weight is 677 g/mol. The van der Waals surface area contributed by atoms with Gasteiger partial charge in [-0.1, -0.05) is 145 Å². The second-order valence-electron chi connectivity index (χ2n) is 9.51. The second-order valence-corrected chi connectivity index (χ2v) is 9.51. The topological polar surface area (TPSA) is 6.48 Å². The Morgan fingerprint density at radius 3 is 0.620 bits per heavy atom. The van der Waals surface area contributed by atoms with Gasteiger partial charge >= 0.3 is 0 Å². The highest BCUT2D eigenvalue weighted by Gasteiger charge is 2.15. The quantitative estimate of drug-likeness (QED) is 0.150. The van der Waals surface area contributed by atoms with Gasteiger partial charge in [0.15, 0.2) is 0 Å².